The summed E-state index contributed by atoms with van der Waals surface area (Å²) in [4.78, 5) is 12.1. The number of benzene rings is 1. The first-order valence-corrected chi connectivity index (χ1v) is 6.51. The number of hydrogen-bond acceptors (Lipinski definition) is 3. The summed E-state index contributed by atoms with van der Waals surface area (Å²) in [6, 6.07) is 5.92. The van der Waals surface area contributed by atoms with Crippen LogP contribution >= 0.6 is 0 Å². The Bertz CT molecular complexity index is 601. The zero-order valence-electron chi connectivity index (χ0n) is 11.6. The molecule has 0 saturated heterocycles. The number of carbonyl (C=O) groups is 1. The molecular formula is C15H20N2O2. The lowest BCUT2D eigenvalue weighted by molar-refractivity contribution is 0.0922. The van der Waals surface area contributed by atoms with Crippen molar-refractivity contribution in [1.29, 1.82) is 0 Å². The summed E-state index contributed by atoms with van der Waals surface area (Å²) >= 11 is 0. The number of nitrogens with one attached hydrogen (secondary N) is 1. The minimum absolute atomic E-state index is 0.173. The summed E-state index contributed by atoms with van der Waals surface area (Å²) in [5, 5.41) is 3.86. The van der Waals surface area contributed by atoms with E-state index in [-0.39, 0.29) is 11.8 Å². The fourth-order valence-electron chi connectivity index (χ4n) is 2.03. The van der Waals surface area contributed by atoms with Gasteiger partial charge in [-0.05, 0) is 31.9 Å². The number of furan rings is 1. The van der Waals surface area contributed by atoms with Crippen LogP contribution in [0.2, 0.25) is 0 Å². The quantitative estimate of drug-likeness (QED) is 0.886. The molecule has 0 aliphatic rings. The highest BCUT2D eigenvalue weighted by atomic mass is 16.3. The van der Waals surface area contributed by atoms with Crippen molar-refractivity contribution in [2.24, 2.45) is 11.7 Å². The van der Waals surface area contributed by atoms with Crippen molar-refractivity contribution in [3.8, 4) is 0 Å². The van der Waals surface area contributed by atoms with Crippen LogP contribution < -0.4 is 11.1 Å². The van der Waals surface area contributed by atoms with Crippen LogP contribution in [0.25, 0.3) is 11.0 Å². The first kappa shape index (κ1) is 13.6. The van der Waals surface area contributed by atoms with Gasteiger partial charge in [0.1, 0.15) is 5.58 Å². The minimum Gasteiger partial charge on any atom is -0.450 e. The van der Waals surface area contributed by atoms with E-state index in [1.807, 2.05) is 39.0 Å². The van der Waals surface area contributed by atoms with Gasteiger partial charge in [0.25, 0.3) is 5.91 Å². The lowest BCUT2D eigenvalue weighted by atomic mass is 10.1. The molecule has 1 atom stereocenters. The third-order valence-electron chi connectivity index (χ3n) is 3.38. The second-order valence-electron chi connectivity index (χ2n) is 5.06. The predicted molar refractivity (Wildman–Crippen MR) is 76.2 cm³/mol. The zero-order valence-corrected chi connectivity index (χ0v) is 11.6. The van der Waals surface area contributed by atoms with E-state index in [9.17, 15) is 4.79 Å². The normalized spacial score (nSPS) is 12.6. The van der Waals surface area contributed by atoms with Crippen LogP contribution in [0.1, 0.15) is 28.6 Å². The van der Waals surface area contributed by atoms with E-state index in [4.69, 9.17) is 10.2 Å². The van der Waals surface area contributed by atoms with Crippen molar-refractivity contribution in [3.63, 3.8) is 0 Å². The van der Waals surface area contributed by atoms with Gasteiger partial charge in [-0.15, -0.1) is 0 Å². The molecule has 102 valence electrons. The zero-order chi connectivity index (χ0) is 14.0. The molecule has 0 aliphatic heterocycles. The molecule has 2 rings (SSSR count). The molecule has 4 heteroatoms. The fraction of sp³-hybridized carbons (Fsp3) is 0.400. The molecule has 2 aromatic rings. The Morgan fingerprint density at radius 3 is 2.79 bits per heavy atom. The number of carbonyl (C=O) groups excluding carboxylic acids is 1. The van der Waals surface area contributed by atoms with Gasteiger partial charge in [-0.1, -0.05) is 25.1 Å². The van der Waals surface area contributed by atoms with Gasteiger partial charge in [-0.2, -0.15) is 0 Å². The molecule has 0 aliphatic carbocycles. The standard InChI is InChI=1S/C15H20N2O2/c1-9(7-16)8-17-15(18)14-11(3)12-6-4-5-10(2)13(12)19-14/h4-6,9H,7-8,16H2,1-3H3,(H,17,18). The van der Waals surface area contributed by atoms with Crippen LogP contribution in [-0.2, 0) is 0 Å². The average Bonchev–Trinajstić information content (AvgIpc) is 2.75. The lowest BCUT2D eigenvalue weighted by Crippen LogP contribution is -2.31. The van der Waals surface area contributed by atoms with E-state index < -0.39 is 0 Å². The van der Waals surface area contributed by atoms with E-state index >= 15 is 0 Å². The highest BCUT2D eigenvalue weighted by Gasteiger charge is 2.18. The molecule has 19 heavy (non-hydrogen) atoms. The summed E-state index contributed by atoms with van der Waals surface area (Å²) in [6.45, 7) is 7.00. The minimum atomic E-state index is -0.173. The van der Waals surface area contributed by atoms with Gasteiger partial charge in [0.2, 0.25) is 0 Å². The van der Waals surface area contributed by atoms with Crippen LogP contribution in [0, 0.1) is 19.8 Å². The molecule has 1 aromatic heterocycles. The molecule has 1 aromatic carbocycles. The highest BCUT2D eigenvalue weighted by molar-refractivity contribution is 5.99. The predicted octanol–water partition coefficient (Wildman–Crippen LogP) is 2.37. The smallest absolute Gasteiger partial charge is 0.287 e. The van der Waals surface area contributed by atoms with E-state index in [0.717, 1.165) is 22.1 Å². The molecular weight excluding hydrogens is 240 g/mol. The Hall–Kier alpha value is -1.81. The van der Waals surface area contributed by atoms with Crippen molar-refractivity contribution in [1.82, 2.24) is 5.32 Å². The molecule has 0 saturated carbocycles. The number of amides is 1. The Labute approximate surface area is 113 Å². The first-order valence-electron chi connectivity index (χ1n) is 6.51. The number of hydrogen-bond donors (Lipinski definition) is 2. The highest BCUT2D eigenvalue weighted by Crippen LogP contribution is 2.27. The van der Waals surface area contributed by atoms with Crippen LogP contribution in [0.5, 0.6) is 0 Å². The number of fused-ring (bicyclic) bond motifs is 1. The molecule has 0 fully saturated rings. The average molecular weight is 260 g/mol. The maximum Gasteiger partial charge on any atom is 0.287 e. The van der Waals surface area contributed by atoms with Gasteiger partial charge >= 0.3 is 0 Å². The SMILES string of the molecule is Cc1c(C(=O)NCC(C)CN)oc2c(C)cccc12. The van der Waals surface area contributed by atoms with Gasteiger partial charge in [-0.25, -0.2) is 0 Å². The maximum absolute atomic E-state index is 12.1. The molecule has 0 bridgehead atoms. The van der Waals surface area contributed by atoms with Crippen LogP contribution in [0.15, 0.2) is 22.6 Å². The summed E-state index contributed by atoms with van der Waals surface area (Å²) in [6.07, 6.45) is 0. The molecule has 0 radical (unpaired) electrons. The molecule has 3 N–H and O–H groups in total. The largest absolute Gasteiger partial charge is 0.450 e. The molecule has 1 amide bonds. The molecule has 1 unspecified atom stereocenters. The van der Waals surface area contributed by atoms with Crippen LogP contribution in [0.4, 0.5) is 0 Å². The number of aryl methyl sites for hydroxylation is 2. The van der Waals surface area contributed by atoms with Crippen molar-refractivity contribution < 1.29 is 9.21 Å². The molecule has 1 heterocycles. The fourth-order valence-corrected chi connectivity index (χ4v) is 2.03. The van der Waals surface area contributed by atoms with E-state index in [0.29, 0.717) is 18.8 Å². The Morgan fingerprint density at radius 2 is 2.16 bits per heavy atom. The monoisotopic (exact) mass is 260 g/mol. The lowest BCUT2D eigenvalue weighted by Gasteiger charge is -2.08. The molecule has 0 spiro atoms. The third-order valence-corrected chi connectivity index (χ3v) is 3.38. The van der Waals surface area contributed by atoms with Gasteiger partial charge in [-0.3, -0.25) is 4.79 Å². The van der Waals surface area contributed by atoms with Gasteiger partial charge in [0.05, 0.1) is 0 Å². The Morgan fingerprint density at radius 1 is 1.42 bits per heavy atom. The summed E-state index contributed by atoms with van der Waals surface area (Å²) in [5.41, 5.74) is 8.24. The topological polar surface area (TPSA) is 68.3 Å². The number of para-hydroxylation sites is 1. The summed E-state index contributed by atoms with van der Waals surface area (Å²) in [7, 11) is 0. The second-order valence-corrected chi connectivity index (χ2v) is 5.06. The van der Waals surface area contributed by atoms with Crippen LogP contribution in [0.3, 0.4) is 0 Å². The Kier molecular flexibility index (Phi) is 3.90. The van der Waals surface area contributed by atoms with Crippen LogP contribution in [-0.4, -0.2) is 19.0 Å². The van der Waals surface area contributed by atoms with E-state index in [1.54, 1.807) is 0 Å². The summed E-state index contributed by atoms with van der Waals surface area (Å²) in [5.74, 6) is 0.484. The number of rotatable bonds is 4. The van der Waals surface area contributed by atoms with Crippen molar-refractivity contribution >= 4 is 16.9 Å². The first-order chi connectivity index (χ1) is 9.04. The van der Waals surface area contributed by atoms with Crippen molar-refractivity contribution in [3.05, 3.63) is 35.1 Å². The third kappa shape index (κ3) is 2.63. The van der Waals surface area contributed by atoms with Crippen molar-refractivity contribution in [2.75, 3.05) is 13.1 Å². The second kappa shape index (κ2) is 5.45. The summed E-state index contributed by atoms with van der Waals surface area (Å²) < 4.78 is 5.71. The van der Waals surface area contributed by atoms with E-state index in [2.05, 4.69) is 5.32 Å². The Balaban J connectivity index is 2.28. The van der Waals surface area contributed by atoms with E-state index in [1.165, 1.54) is 0 Å². The van der Waals surface area contributed by atoms with Gasteiger partial charge in [0.15, 0.2) is 5.76 Å². The van der Waals surface area contributed by atoms with Gasteiger partial charge in [0, 0.05) is 17.5 Å². The number of nitrogens with two attached hydrogens (primary N) is 1. The molecule has 4 nitrogen and oxygen atoms in total. The maximum atomic E-state index is 12.1. The van der Waals surface area contributed by atoms with Gasteiger partial charge < -0.3 is 15.5 Å². The van der Waals surface area contributed by atoms with Crippen molar-refractivity contribution in [2.45, 2.75) is 20.8 Å².